The first kappa shape index (κ1) is 15.4. The molecule has 2 aromatic carbocycles. The Labute approximate surface area is 124 Å². The summed E-state index contributed by atoms with van der Waals surface area (Å²) >= 11 is 5.54. The molecule has 0 aliphatic rings. The van der Waals surface area contributed by atoms with Crippen LogP contribution in [-0.2, 0) is 12.8 Å². The van der Waals surface area contributed by atoms with E-state index in [1.165, 1.54) is 18.2 Å². The van der Waals surface area contributed by atoms with Crippen LogP contribution in [0.25, 0.3) is 0 Å². The Hall–Kier alpha value is -2.01. The molecule has 0 aromatic heterocycles. The average molecular weight is 315 g/mol. The molecule has 0 atom stereocenters. The van der Waals surface area contributed by atoms with Gasteiger partial charge in [0.15, 0.2) is 0 Å². The molecule has 2 rings (SSSR count). The lowest BCUT2D eigenvalue weighted by Crippen LogP contribution is -2.07. The van der Waals surface area contributed by atoms with Gasteiger partial charge in [0.05, 0.1) is 10.6 Å². The van der Waals surface area contributed by atoms with Crippen molar-refractivity contribution >= 4 is 17.9 Å². The first-order valence-electron chi connectivity index (χ1n) is 5.94. The number of alkyl halides is 3. The smallest absolute Gasteiger partial charge is 0.417 e. The fourth-order valence-corrected chi connectivity index (χ4v) is 1.95. The van der Waals surface area contributed by atoms with Gasteiger partial charge in [-0.1, -0.05) is 29.8 Å². The Balaban J connectivity index is 2.15. The number of aldehydes is 1. The van der Waals surface area contributed by atoms with Crippen LogP contribution < -0.4 is 4.74 Å². The van der Waals surface area contributed by atoms with Gasteiger partial charge in [-0.3, -0.25) is 4.79 Å². The molecule has 0 N–H and O–H groups in total. The van der Waals surface area contributed by atoms with Gasteiger partial charge >= 0.3 is 6.18 Å². The summed E-state index contributed by atoms with van der Waals surface area (Å²) < 4.78 is 43.6. The van der Waals surface area contributed by atoms with Crippen molar-refractivity contribution in [3.63, 3.8) is 0 Å². The number of hydrogen-bond donors (Lipinski definition) is 0. The van der Waals surface area contributed by atoms with Gasteiger partial charge < -0.3 is 4.74 Å². The highest BCUT2D eigenvalue weighted by Gasteiger charge is 2.33. The van der Waals surface area contributed by atoms with Crippen LogP contribution in [0.5, 0.6) is 5.75 Å². The zero-order valence-electron chi connectivity index (χ0n) is 10.7. The minimum Gasteiger partial charge on any atom is -0.489 e. The molecule has 0 fully saturated rings. The van der Waals surface area contributed by atoms with E-state index < -0.39 is 11.7 Å². The Kier molecular flexibility index (Phi) is 4.53. The van der Waals surface area contributed by atoms with Crippen LogP contribution in [0, 0.1) is 0 Å². The lowest BCUT2D eigenvalue weighted by atomic mass is 10.1. The van der Waals surface area contributed by atoms with Crippen molar-refractivity contribution in [2.24, 2.45) is 0 Å². The summed E-state index contributed by atoms with van der Waals surface area (Å²) in [5, 5.41) is -0.353. The minimum absolute atomic E-state index is 0.0530. The zero-order valence-corrected chi connectivity index (χ0v) is 11.4. The number of rotatable bonds is 4. The van der Waals surface area contributed by atoms with Crippen LogP contribution in [0.1, 0.15) is 21.5 Å². The van der Waals surface area contributed by atoms with Crippen LogP contribution in [-0.4, -0.2) is 6.29 Å². The molecule has 0 bridgehead atoms. The second kappa shape index (κ2) is 6.18. The molecule has 110 valence electrons. The quantitative estimate of drug-likeness (QED) is 0.761. The van der Waals surface area contributed by atoms with Crippen molar-refractivity contribution in [1.29, 1.82) is 0 Å². The SMILES string of the molecule is O=Cc1cccc(OCc2ccc(Cl)c(C(F)(F)F)c2)c1. The summed E-state index contributed by atoms with van der Waals surface area (Å²) in [4.78, 5) is 10.6. The highest BCUT2D eigenvalue weighted by atomic mass is 35.5. The molecule has 0 saturated heterocycles. The summed E-state index contributed by atoms with van der Waals surface area (Å²) in [5.74, 6) is 0.406. The molecule has 0 saturated carbocycles. The van der Waals surface area contributed by atoms with Crippen molar-refractivity contribution in [2.75, 3.05) is 0 Å². The predicted octanol–water partition coefficient (Wildman–Crippen LogP) is 4.75. The summed E-state index contributed by atoms with van der Waals surface area (Å²) in [6, 6.07) is 9.95. The van der Waals surface area contributed by atoms with Gasteiger partial charge in [0.1, 0.15) is 18.6 Å². The van der Waals surface area contributed by atoms with E-state index >= 15 is 0 Å². The molecule has 21 heavy (non-hydrogen) atoms. The van der Waals surface area contributed by atoms with E-state index in [0.717, 1.165) is 6.07 Å². The van der Waals surface area contributed by atoms with Gasteiger partial charge in [-0.05, 0) is 29.8 Å². The van der Waals surface area contributed by atoms with Crippen molar-refractivity contribution in [2.45, 2.75) is 12.8 Å². The van der Waals surface area contributed by atoms with E-state index in [1.54, 1.807) is 18.2 Å². The summed E-state index contributed by atoms with van der Waals surface area (Å²) in [5.41, 5.74) is -0.130. The first-order valence-corrected chi connectivity index (χ1v) is 6.31. The summed E-state index contributed by atoms with van der Waals surface area (Å²) in [6.45, 7) is -0.0530. The van der Waals surface area contributed by atoms with Gasteiger partial charge in [-0.2, -0.15) is 13.2 Å². The first-order chi connectivity index (χ1) is 9.90. The molecule has 0 spiro atoms. The topological polar surface area (TPSA) is 26.3 Å². The molecule has 0 aliphatic heterocycles. The number of ether oxygens (including phenoxy) is 1. The number of carbonyl (C=O) groups is 1. The fraction of sp³-hybridized carbons (Fsp3) is 0.133. The Morgan fingerprint density at radius 1 is 1.14 bits per heavy atom. The molecule has 2 aromatic rings. The molecular weight excluding hydrogens is 305 g/mol. The minimum atomic E-state index is -4.51. The van der Waals surface area contributed by atoms with Crippen LogP contribution in [0.3, 0.4) is 0 Å². The van der Waals surface area contributed by atoms with E-state index in [4.69, 9.17) is 16.3 Å². The van der Waals surface area contributed by atoms with Crippen molar-refractivity contribution in [1.82, 2.24) is 0 Å². The lowest BCUT2D eigenvalue weighted by molar-refractivity contribution is -0.137. The maximum Gasteiger partial charge on any atom is 0.417 e. The van der Waals surface area contributed by atoms with Gasteiger partial charge in [0.2, 0.25) is 0 Å². The van der Waals surface area contributed by atoms with E-state index in [1.807, 2.05) is 0 Å². The largest absolute Gasteiger partial charge is 0.489 e. The normalized spacial score (nSPS) is 11.2. The van der Waals surface area contributed by atoms with E-state index in [0.29, 0.717) is 23.2 Å². The number of carbonyl (C=O) groups excluding carboxylic acids is 1. The van der Waals surface area contributed by atoms with Crippen molar-refractivity contribution in [3.8, 4) is 5.75 Å². The highest BCUT2D eigenvalue weighted by molar-refractivity contribution is 6.31. The summed E-state index contributed by atoms with van der Waals surface area (Å²) in [6.07, 6.45) is -3.85. The molecular formula is C15H10ClF3O2. The number of benzene rings is 2. The second-order valence-electron chi connectivity index (χ2n) is 4.29. The molecule has 0 amide bonds. The zero-order chi connectivity index (χ0) is 15.5. The maximum absolute atomic E-state index is 12.7. The van der Waals surface area contributed by atoms with E-state index in [9.17, 15) is 18.0 Å². The molecule has 0 heterocycles. The van der Waals surface area contributed by atoms with Gasteiger partial charge in [0, 0.05) is 5.56 Å². The molecule has 6 heteroatoms. The third-order valence-electron chi connectivity index (χ3n) is 2.74. The van der Waals surface area contributed by atoms with Gasteiger partial charge in [-0.15, -0.1) is 0 Å². The van der Waals surface area contributed by atoms with E-state index in [-0.39, 0.29) is 11.6 Å². The van der Waals surface area contributed by atoms with Crippen LogP contribution >= 0.6 is 11.6 Å². The van der Waals surface area contributed by atoms with E-state index in [2.05, 4.69) is 0 Å². The Morgan fingerprint density at radius 3 is 2.57 bits per heavy atom. The van der Waals surface area contributed by atoms with Crippen LogP contribution in [0.15, 0.2) is 42.5 Å². The number of halogens is 4. The Bertz CT molecular complexity index is 654. The van der Waals surface area contributed by atoms with Crippen molar-refractivity contribution in [3.05, 3.63) is 64.2 Å². The average Bonchev–Trinajstić information content (AvgIpc) is 2.45. The predicted molar refractivity (Wildman–Crippen MR) is 72.6 cm³/mol. The van der Waals surface area contributed by atoms with Crippen LogP contribution in [0.4, 0.5) is 13.2 Å². The molecule has 0 radical (unpaired) electrons. The monoisotopic (exact) mass is 314 g/mol. The highest BCUT2D eigenvalue weighted by Crippen LogP contribution is 2.35. The fourth-order valence-electron chi connectivity index (χ4n) is 1.72. The standard InChI is InChI=1S/C15H10ClF3O2/c16-14-5-4-11(7-13(14)15(17,18)19)9-21-12-3-1-2-10(6-12)8-20/h1-8H,9H2. The third kappa shape index (κ3) is 3.98. The lowest BCUT2D eigenvalue weighted by Gasteiger charge is -2.12. The second-order valence-corrected chi connectivity index (χ2v) is 4.70. The van der Waals surface area contributed by atoms with Gasteiger partial charge in [-0.25, -0.2) is 0 Å². The molecule has 0 aliphatic carbocycles. The van der Waals surface area contributed by atoms with Crippen molar-refractivity contribution < 1.29 is 22.7 Å². The molecule has 2 nitrogen and oxygen atoms in total. The third-order valence-corrected chi connectivity index (χ3v) is 3.07. The Morgan fingerprint density at radius 2 is 1.90 bits per heavy atom. The van der Waals surface area contributed by atoms with Crippen LogP contribution in [0.2, 0.25) is 5.02 Å². The number of hydrogen-bond acceptors (Lipinski definition) is 2. The summed E-state index contributed by atoms with van der Waals surface area (Å²) in [7, 11) is 0. The maximum atomic E-state index is 12.7. The van der Waals surface area contributed by atoms with Gasteiger partial charge in [0.25, 0.3) is 0 Å². The molecule has 0 unspecified atom stereocenters.